The van der Waals surface area contributed by atoms with E-state index >= 15 is 0 Å². The Hall–Kier alpha value is -0.120. The number of hydrogen-bond acceptors (Lipinski definition) is 3. The summed E-state index contributed by atoms with van der Waals surface area (Å²) in [5.41, 5.74) is 0.239. The highest BCUT2D eigenvalue weighted by atomic mass is 16.5. The van der Waals surface area contributed by atoms with Gasteiger partial charge >= 0.3 is 0 Å². The Morgan fingerprint density at radius 2 is 2.33 bits per heavy atom. The molecule has 0 bridgehead atoms. The van der Waals surface area contributed by atoms with Gasteiger partial charge in [-0.05, 0) is 19.3 Å². The second kappa shape index (κ2) is 3.32. The fourth-order valence-electron chi connectivity index (χ4n) is 1.62. The maximum Gasteiger partial charge on any atom is 0.0620 e. The van der Waals surface area contributed by atoms with Crippen LogP contribution in [0.25, 0.3) is 0 Å². The van der Waals surface area contributed by atoms with Gasteiger partial charge in [0.25, 0.3) is 0 Å². The Balaban J connectivity index is 1.67. The zero-order chi connectivity index (χ0) is 8.44. The molecular formula is C9H17NO2. The summed E-state index contributed by atoms with van der Waals surface area (Å²) < 4.78 is 5.25. The van der Waals surface area contributed by atoms with E-state index in [1.54, 1.807) is 0 Å². The molecule has 70 valence electrons. The molecular weight excluding hydrogens is 154 g/mol. The van der Waals surface area contributed by atoms with Gasteiger partial charge in [0.05, 0.1) is 6.61 Å². The van der Waals surface area contributed by atoms with E-state index in [9.17, 15) is 0 Å². The zero-order valence-electron chi connectivity index (χ0n) is 7.38. The highest BCUT2D eigenvalue weighted by molar-refractivity contribution is 4.95. The largest absolute Gasteiger partial charge is 0.396 e. The van der Waals surface area contributed by atoms with Crippen LogP contribution < -0.4 is 5.32 Å². The summed E-state index contributed by atoms with van der Waals surface area (Å²) in [5.74, 6) is 0. The summed E-state index contributed by atoms with van der Waals surface area (Å²) in [5, 5.41) is 12.5. The van der Waals surface area contributed by atoms with Crippen molar-refractivity contribution in [2.24, 2.45) is 5.41 Å². The molecule has 12 heavy (non-hydrogen) atoms. The van der Waals surface area contributed by atoms with E-state index in [0.29, 0.717) is 12.6 Å². The Labute approximate surface area is 73.1 Å². The van der Waals surface area contributed by atoms with Gasteiger partial charge in [0.2, 0.25) is 0 Å². The second-order valence-electron chi connectivity index (χ2n) is 4.10. The first kappa shape index (κ1) is 8.48. The van der Waals surface area contributed by atoms with Crippen LogP contribution in [0.4, 0.5) is 0 Å². The van der Waals surface area contributed by atoms with Crippen molar-refractivity contribution in [2.75, 3.05) is 26.4 Å². The van der Waals surface area contributed by atoms with E-state index in [4.69, 9.17) is 9.84 Å². The number of aliphatic hydroxyl groups is 1. The van der Waals surface area contributed by atoms with Gasteiger partial charge in [0, 0.05) is 31.2 Å². The quantitative estimate of drug-likeness (QED) is 0.632. The molecule has 0 aromatic rings. The summed E-state index contributed by atoms with van der Waals surface area (Å²) in [7, 11) is 0. The molecule has 2 aliphatic rings. The molecule has 3 nitrogen and oxygen atoms in total. The van der Waals surface area contributed by atoms with Crippen LogP contribution in [-0.4, -0.2) is 37.5 Å². The zero-order valence-corrected chi connectivity index (χ0v) is 7.38. The number of nitrogens with one attached hydrogen (secondary N) is 1. The molecule has 1 atom stereocenters. The van der Waals surface area contributed by atoms with E-state index in [2.05, 4.69) is 5.32 Å². The molecule has 0 radical (unpaired) electrons. The predicted molar refractivity (Wildman–Crippen MR) is 46.0 cm³/mol. The Morgan fingerprint density at radius 3 is 2.83 bits per heavy atom. The number of rotatable bonds is 4. The minimum Gasteiger partial charge on any atom is -0.396 e. The molecule has 1 unspecified atom stereocenters. The summed E-state index contributed by atoms with van der Waals surface area (Å²) in [6.07, 6.45) is 3.50. The normalized spacial score (nSPS) is 32.2. The Kier molecular flexibility index (Phi) is 2.35. The average Bonchev–Trinajstić information content (AvgIpc) is 2.70. The van der Waals surface area contributed by atoms with Gasteiger partial charge in [-0.2, -0.15) is 0 Å². The van der Waals surface area contributed by atoms with Crippen molar-refractivity contribution in [1.82, 2.24) is 5.32 Å². The van der Waals surface area contributed by atoms with Crippen molar-refractivity contribution in [3.05, 3.63) is 0 Å². The molecule has 0 amide bonds. The lowest BCUT2D eigenvalue weighted by atomic mass is 10.1. The first-order valence-corrected chi connectivity index (χ1v) is 4.77. The van der Waals surface area contributed by atoms with Crippen LogP contribution >= 0.6 is 0 Å². The lowest BCUT2D eigenvalue weighted by Gasteiger charge is -2.16. The fourth-order valence-corrected chi connectivity index (χ4v) is 1.62. The molecule has 0 aromatic carbocycles. The van der Waals surface area contributed by atoms with Crippen molar-refractivity contribution < 1.29 is 9.84 Å². The van der Waals surface area contributed by atoms with Crippen molar-refractivity contribution in [1.29, 1.82) is 0 Å². The summed E-state index contributed by atoms with van der Waals surface area (Å²) in [6, 6.07) is 0.536. The molecule has 0 aromatic heterocycles. The van der Waals surface area contributed by atoms with Gasteiger partial charge in [-0.15, -0.1) is 0 Å². The van der Waals surface area contributed by atoms with Gasteiger partial charge < -0.3 is 15.2 Å². The lowest BCUT2D eigenvalue weighted by Crippen LogP contribution is -2.35. The van der Waals surface area contributed by atoms with E-state index in [0.717, 1.165) is 26.2 Å². The maximum absolute atomic E-state index is 9.06. The lowest BCUT2D eigenvalue weighted by molar-refractivity contribution is 0.180. The van der Waals surface area contributed by atoms with E-state index in [1.165, 1.54) is 12.8 Å². The van der Waals surface area contributed by atoms with Crippen molar-refractivity contribution in [2.45, 2.75) is 25.3 Å². The molecule has 1 heterocycles. The first-order chi connectivity index (χ1) is 5.85. The minimum absolute atomic E-state index is 0.239. The number of ether oxygens (including phenoxy) is 1. The fraction of sp³-hybridized carbons (Fsp3) is 1.00. The predicted octanol–water partition coefficient (Wildman–Crippen LogP) is 0.137. The summed E-state index contributed by atoms with van der Waals surface area (Å²) in [6.45, 7) is 3.05. The topological polar surface area (TPSA) is 41.5 Å². The molecule has 1 aliphatic heterocycles. The van der Waals surface area contributed by atoms with Crippen molar-refractivity contribution in [3.63, 3.8) is 0 Å². The van der Waals surface area contributed by atoms with E-state index in [1.807, 2.05) is 0 Å². The van der Waals surface area contributed by atoms with Gasteiger partial charge in [-0.1, -0.05) is 0 Å². The maximum atomic E-state index is 9.06. The van der Waals surface area contributed by atoms with Crippen LogP contribution in [0.1, 0.15) is 19.3 Å². The SMILES string of the molecule is OCC1(CNC2CCOC2)CC1. The molecule has 1 saturated carbocycles. The van der Waals surface area contributed by atoms with E-state index < -0.39 is 0 Å². The molecule has 2 rings (SSSR count). The van der Waals surface area contributed by atoms with E-state index in [-0.39, 0.29) is 5.41 Å². The van der Waals surface area contributed by atoms with Crippen LogP contribution in [0.15, 0.2) is 0 Å². The molecule has 0 spiro atoms. The Morgan fingerprint density at radius 1 is 1.50 bits per heavy atom. The molecule has 3 heteroatoms. The van der Waals surface area contributed by atoms with Crippen LogP contribution in [-0.2, 0) is 4.74 Å². The van der Waals surface area contributed by atoms with Crippen LogP contribution in [0.5, 0.6) is 0 Å². The van der Waals surface area contributed by atoms with Crippen molar-refractivity contribution >= 4 is 0 Å². The second-order valence-corrected chi connectivity index (χ2v) is 4.10. The minimum atomic E-state index is 0.239. The first-order valence-electron chi connectivity index (χ1n) is 4.77. The molecule has 2 N–H and O–H groups in total. The summed E-state index contributed by atoms with van der Waals surface area (Å²) >= 11 is 0. The number of aliphatic hydroxyl groups excluding tert-OH is 1. The van der Waals surface area contributed by atoms with Gasteiger partial charge in [-0.3, -0.25) is 0 Å². The standard InChI is InChI=1S/C9H17NO2/c11-7-9(2-3-9)6-10-8-1-4-12-5-8/h8,10-11H,1-7H2. The molecule has 1 aliphatic carbocycles. The Bertz CT molecular complexity index is 151. The van der Waals surface area contributed by atoms with Crippen LogP contribution in [0.3, 0.4) is 0 Å². The van der Waals surface area contributed by atoms with Crippen LogP contribution in [0, 0.1) is 5.41 Å². The van der Waals surface area contributed by atoms with Gasteiger partial charge in [-0.25, -0.2) is 0 Å². The van der Waals surface area contributed by atoms with Crippen molar-refractivity contribution in [3.8, 4) is 0 Å². The highest BCUT2D eigenvalue weighted by Crippen LogP contribution is 2.44. The van der Waals surface area contributed by atoms with Crippen LogP contribution in [0.2, 0.25) is 0 Å². The number of hydrogen-bond donors (Lipinski definition) is 2. The van der Waals surface area contributed by atoms with Gasteiger partial charge in [0.15, 0.2) is 0 Å². The third kappa shape index (κ3) is 1.79. The van der Waals surface area contributed by atoms with Gasteiger partial charge in [0.1, 0.15) is 0 Å². The molecule has 1 saturated heterocycles. The highest BCUT2D eigenvalue weighted by Gasteiger charge is 2.42. The monoisotopic (exact) mass is 171 g/mol. The smallest absolute Gasteiger partial charge is 0.0620 e. The third-order valence-corrected chi connectivity index (χ3v) is 2.99. The molecule has 2 fully saturated rings. The summed E-state index contributed by atoms with van der Waals surface area (Å²) in [4.78, 5) is 0. The average molecular weight is 171 g/mol. The third-order valence-electron chi connectivity index (χ3n) is 2.99.